The van der Waals surface area contributed by atoms with Gasteiger partial charge in [0.2, 0.25) is 0 Å². The lowest BCUT2D eigenvalue weighted by Crippen LogP contribution is -2.12. The summed E-state index contributed by atoms with van der Waals surface area (Å²) in [5, 5.41) is 3.47. The van der Waals surface area contributed by atoms with Gasteiger partial charge in [-0.1, -0.05) is 34.5 Å². The minimum atomic E-state index is 0.671. The summed E-state index contributed by atoms with van der Waals surface area (Å²) in [6, 6.07) is 10.4. The number of halogens is 1. The van der Waals surface area contributed by atoms with E-state index < -0.39 is 0 Å². The Morgan fingerprint density at radius 3 is 2.57 bits per heavy atom. The predicted molar refractivity (Wildman–Crippen MR) is 104 cm³/mol. The third-order valence-corrected chi connectivity index (χ3v) is 5.12. The number of nitrogens with one attached hydrogen (secondary N) is 1. The molecular weight excluding hydrogens is 348 g/mol. The summed E-state index contributed by atoms with van der Waals surface area (Å²) < 4.78 is 0.990. The van der Waals surface area contributed by atoms with Gasteiger partial charge < -0.3 is 11.1 Å². The molecule has 3 N–H and O–H groups in total. The minimum Gasteiger partial charge on any atom is -0.397 e. The molecule has 1 aliphatic rings. The number of aryl methyl sites for hydroxylation is 1. The van der Waals surface area contributed by atoms with E-state index in [4.69, 9.17) is 5.73 Å². The van der Waals surface area contributed by atoms with Crippen molar-refractivity contribution < 1.29 is 0 Å². The van der Waals surface area contributed by atoms with E-state index in [1.165, 1.54) is 36.0 Å². The number of allylic oxidation sites excluding steroid dienone is 1. The molecule has 0 unspecified atom stereocenters. The van der Waals surface area contributed by atoms with Crippen LogP contribution in [0.4, 0.5) is 17.1 Å². The molecule has 120 valence electrons. The number of nitrogen functional groups attached to an aromatic ring is 1. The molecule has 0 spiro atoms. The highest BCUT2D eigenvalue weighted by atomic mass is 79.9. The largest absolute Gasteiger partial charge is 0.397 e. The molecule has 2 aromatic carbocycles. The Balaban J connectivity index is 1.99. The van der Waals surface area contributed by atoms with Gasteiger partial charge in [0.1, 0.15) is 0 Å². The molecule has 0 heterocycles. The minimum absolute atomic E-state index is 0.671. The van der Waals surface area contributed by atoms with Gasteiger partial charge in [-0.15, -0.1) is 0 Å². The van der Waals surface area contributed by atoms with Crippen LogP contribution < -0.4 is 11.1 Å². The monoisotopic (exact) mass is 370 g/mol. The van der Waals surface area contributed by atoms with E-state index in [0.29, 0.717) is 5.92 Å². The van der Waals surface area contributed by atoms with Crippen molar-refractivity contribution in [1.29, 1.82) is 0 Å². The Morgan fingerprint density at radius 2 is 2.00 bits per heavy atom. The molecule has 2 aromatic rings. The Kier molecular flexibility index (Phi) is 4.49. The molecule has 0 radical (unpaired) electrons. The van der Waals surface area contributed by atoms with Crippen LogP contribution >= 0.6 is 15.9 Å². The third kappa shape index (κ3) is 3.30. The molecule has 1 aliphatic carbocycles. The lowest BCUT2D eigenvalue weighted by Gasteiger charge is -2.30. The van der Waals surface area contributed by atoms with Crippen LogP contribution in [-0.2, 0) is 0 Å². The number of rotatable bonds is 4. The SMILES string of the molecule is C=C(C)c1c(C)cc(Nc2ccc(Br)cc2N)cc1C1CCC1. The summed E-state index contributed by atoms with van der Waals surface area (Å²) in [4.78, 5) is 0. The molecule has 23 heavy (non-hydrogen) atoms. The van der Waals surface area contributed by atoms with Crippen molar-refractivity contribution in [3.63, 3.8) is 0 Å². The van der Waals surface area contributed by atoms with Crippen molar-refractivity contribution in [1.82, 2.24) is 0 Å². The van der Waals surface area contributed by atoms with Crippen LogP contribution in [-0.4, -0.2) is 0 Å². The van der Waals surface area contributed by atoms with Crippen molar-refractivity contribution in [3.8, 4) is 0 Å². The molecule has 0 saturated heterocycles. The van der Waals surface area contributed by atoms with Crippen LogP contribution in [0.25, 0.3) is 5.57 Å². The van der Waals surface area contributed by atoms with Gasteiger partial charge in [-0.05, 0) is 79.6 Å². The third-order valence-electron chi connectivity index (χ3n) is 4.63. The average molecular weight is 371 g/mol. The van der Waals surface area contributed by atoms with Crippen LogP contribution in [0.5, 0.6) is 0 Å². The number of anilines is 3. The van der Waals surface area contributed by atoms with Crippen LogP contribution in [0.3, 0.4) is 0 Å². The van der Waals surface area contributed by atoms with Gasteiger partial charge in [-0.25, -0.2) is 0 Å². The van der Waals surface area contributed by atoms with Gasteiger partial charge >= 0.3 is 0 Å². The van der Waals surface area contributed by atoms with Crippen molar-refractivity contribution in [2.45, 2.75) is 39.0 Å². The lowest BCUT2D eigenvalue weighted by atomic mass is 9.76. The summed E-state index contributed by atoms with van der Waals surface area (Å²) >= 11 is 3.45. The van der Waals surface area contributed by atoms with E-state index in [-0.39, 0.29) is 0 Å². The Hall–Kier alpha value is -1.74. The quantitative estimate of drug-likeness (QED) is 0.612. The maximum absolute atomic E-state index is 6.11. The average Bonchev–Trinajstić information content (AvgIpc) is 2.39. The fourth-order valence-corrected chi connectivity index (χ4v) is 3.69. The van der Waals surface area contributed by atoms with Crippen LogP contribution in [0.2, 0.25) is 0 Å². The number of benzene rings is 2. The second-order valence-corrected chi connectivity index (χ2v) is 7.44. The van der Waals surface area contributed by atoms with Gasteiger partial charge in [0.25, 0.3) is 0 Å². The first kappa shape index (κ1) is 16.1. The molecule has 2 nitrogen and oxygen atoms in total. The maximum Gasteiger partial charge on any atom is 0.0618 e. The predicted octanol–water partition coefficient (Wildman–Crippen LogP) is 6.38. The van der Waals surface area contributed by atoms with Crippen LogP contribution in [0.15, 0.2) is 41.4 Å². The van der Waals surface area contributed by atoms with E-state index in [1.807, 2.05) is 18.2 Å². The highest BCUT2D eigenvalue weighted by Crippen LogP contribution is 2.42. The number of nitrogens with two attached hydrogens (primary N) is 1. The second-order valence-electron chi connectivity index (χ2n) is 6.52. The standard InChI is InChI=1S/C20H23BrN2/c1-12(2)20-13(3)9-16(11-17(20)14-5-4-6-14)23-19-8-7-15(21)10-18(19)22/h7-11,14,23H,1,4-6,22H2,2-3H3. The smallest absolute Gasteiger partial charge is 0.0618 e. The molecule has 1 fully saturated rings. The lowest BCUT2D eigenvalue weighted by molar-refractivity contribution is 0.419. The molecule has 1 saturated carbocycles. The van der Waals surface area contributed by atoms with Crippen molar-refractivity contribution in [2.75, 3.05) is 11.1 Å². The summed E-state index contributed by atoms with van der Waals surface area (Å²) in [6.45, 7) is 8.45. The summed E-state index contributed by atoms with van der Waals surface area (Å²) in [7, 11) is 0. The summed E-state index contributed by atoms with van der Waals surface area (Å²) in [6.07, 6.45) is 3.89. The molecular formula is C20H23BrN2. The van der Waals surface area contributed by atoms with E-state index >= 15 is 0 Å². The Morgan fingerprint density at radius 1 is 1.26 bits per heavy atom. The summed E-state index contributed by atoms with van der Waals surface area (Å²) in [5.41, 5.74) is 14.1. The first-order chi connectivity index (χ1) is 11.0. The fraction of sp³-hybridized carbons (Fsp3) is 0.300. The Labute approximate surface area is 146 Å². The zero-order valence-electron chi connectivity index (χ0n) is 13.7. The number of hydrogen-bond acceptors (Lipinski definition) is 2. The first-order valence-corrected chi connectivity index (χ1v) is 8.87. The first-order valence-electron chi connectivity index (χ1n) is 8.08. The molecule has 3 heteroatoms. The zero-order valence-corrected chi connectivity index (χ0v) is 15.3. The van der Waals surface area contributed by atoms with Gasteiger partial charge in [0.05, 0.1) is 11.4 Å². The highest BCUT2D eigenvalue weighted by molar-refractivity contribution is 9.10. The number of hydrogen-bond donors (Lipinski definition) is 2. The van der Waals surface area contributed by atoms with E-state index in [2.05, 4.69) is 53.8 Å². The molecule has 3 rings (SSSR count). The maximum atomic E-state index is 6.11. The van der Waals surface area contributed by atoms with Gasteiger partial charge in [0, 0.05) is 10.2 Å². The molecule has 0 bridgehead atoms. The van der Waals surface area contributed by atoms with E-state index in [9.17, 15) is 0 Å². The van der Waals surface area contributed by atoms with Gasteiger partial charge in [0.15, 0.2) is 0 Å². The van der Waals surface area contributed by atoms with Crippen molar-refractivity contribution in [2.24, 2.45) is 0 Å². The summed E-state index contributed by atoms with van der Waals surface area (Å²) in [5.74, 6) is 0.671. The zero-order chi connectivity index (χ0) is 16.6. The normalized spacial score (nSPS) is 14.4. The molecule has 0 amide bonds. The van der Waals surface area contributed by atoms with Crippen molar-refractivity contribution >= 4 is 38.6 Å². The topological polar surface area (TPSA) is 38.0 Å². The molecule has 0 aromatic heterocycles. The highest BCUT2D eigenvalue weighted by Gasteiger charge is 2.24. The van der Waals surface area contributed by atoms with E-state index in [1.54, 1.807) is 0 Å². The Bertz CT molecular complexity index is 760. The van der Waals surface area contributed by atoms with Crippen LogP contribution in [0, 0.1) is 6.92 Å². The molecule has 0 atom stereocenters. The van der Waals surface area contributed by atoms with Gasteiger partial charge in [-0.2, -0.15) is 0 Å². The van der Waals surface area contributed by atoms with Crippen molar-refractivity contribution in [3.05, 3.63) is 58.1 Å². The fourth-order valence-electron chi connectivity index (χ4n) is 3.31. The molecule has 0 aliphatic heterocycles. The van der Waals surface area contributed by atoms with Crippen LogP contribution in [0.1, 0.15) is 48.8 Å². The second kappa shape index (κ2) is 6.40. The van der Waals surface area contributed by atoms with E-state index in [0.717, 1.165) is 27.1 Å². The van der Waals surface area contributed by atoms with Gasteiger partial charge in [-0.3, -0.25) is 0 Å².